The van der Waals surface area contributed by atoms with Crippen molar-refractivity contribution in [1.29, 1.82) is 0 Å². The Hall–Kier alpha value is -2.99. The molecule has 0 fully saturated rings. The molecule has 7 heteroatoms. The Labute approximate surface area is 168 Å². The van der Waals surface area contributed by atoms with Gasteiger partial charge in [0.1, 0.15) is 5.69 Å². The number of anilines is 2. The number of nitrogens with zero attached hydrogens (tertiary/aromatic N) is 2. The van der Waals surface area contributed by atoms with Gasteiger partial charge in [-0.2, -0.15) is 5.10 Å². The number of aromatic nitrogens is 2. The molecule has 0 saturated heterocycles. The van der Waals surface area contributed by atoms with Crippen LogP contribution in [0.15, 0.2) is 41.4 Å². The fourth-order valence-corrected chi connectivity index (χ4v) is 3.40. The first-order valence-corrected chi connectivity index (χ1v) is 9.40. The maximum Gasteiger partial charge on any atom is 0.178 e. The van der Waals surface area contributed by atoms with Gasteiger partial charge in [0.25, 0.3) is 0 Å². The number of aryl methyl sites for hydroxylation is 1. The zero-order valence-corrected chi connectivity index (χ0v) is 16.9. The van der Waals surface area contributed by atoms with E-state index in [-0.39, 0.29) is 6.10 Å². The molecule has 3 aromatic rings. The normalized spacial score (nSPS) is 12.6. The number of hydrogen-bond donors (Lipinski definition) is 2. The number of aliphatic imine (C=N–C) groups is 1. The number of halogens is 1. The molecule has 1 aliphatic heterocycles. The van der Waals surface area contributed by atoms with E-state index in [0.29, 0.717) is 22.3 Å². The second-order valence-electron chi connectivity index (χ2n) is 6.83. The van der Waals surface area contributed by atoms with Gasteiger partial charge in [0, 0.05) is 22.2 Å². The Morgan fingerprint density at radius 2 is 1.86 bits per heavy atom. The summed E-state index contributed by atoms with van der Waals surface area (Å²) in [5, 5.41) is 11.3. The first-order chi connectivity index (χ1) is 13.5. The lowest BCUT2D eigenvalue weighted by Crippen LogP contribution is -2.10. The van der Waals surface area contributed by atoms with Gasteiger partial charge in [-0.25, -0.2) is 4.99 Å². The van der Waals surface area contributed by atoms with Crippen LogP contribution in [0.4, 0.5) is 17.2 Å². The van der Waals surface area contributed by atoms with Gasteiger partial charge in [-0.05, 0) is 32.9 Å². The van der Waals surface area contributed by atoms with Crippen LogP contribution in [0, 0.1) is 6.92 Å². The maximum absolute atomic E-state index is 6.52. The zero-order chi connectivity index (χ0) is 19.8. The summed E-state index contributed by atoms with van der Waals surface area (Å²) in [6.45, 7) is 5.89. The minimum Gasteiger partial charge on any atom is -0.493 e. The highest BCUT2D eigenvalue weighted by molar-refractivity contribution is 6.36. The summed E-state index contributed by atoms with van der Waals surface area (Å²) in [4.78, 5) is 4.93. The van der Waals surface area contributed by atoms with Crippen LogP contribution in [-0.2, 0) is 0 Å². The third-order valence-corrected chi connectivity index (χ3v) is 4.77. The molecular formula is C21H21ClN4O2. The summed E-state index contributed by atoms with van der Waals surface area (Å²) in [6.07, 6.45) is 0.00398. The fraction of sp³-hybridized carbons (Fsp3) is 0.238. The SMILES string of the molecule is COc1cc2c(cc1OC(C)C)C(c1ccccc1Cl)=Nc1c(n[nH]c1C)N2. The van der Waals surface area contributed by atoms with Crippen molar-refractivity contribution >= 4 is 34.5 Å². The molecule has 0 spiro atoms. The molecule has 2 N–H and O–H groups in total. The number of rotatable bonds is 4. The highest BCUT2D eigenvalue weighted by atomic mass is 35.5. The number of benzene rings is 2. The van der Waals surface area contributed by atoms with E-state index in [1.807, 2.05) is 57.2 Å². The van der Waals surface area contributed by atoms with E-state index in [2.05, 4.69) is 15.5 Å². The number of hydrogen-bond acceptors (Lipinski definition) is 5. The van der Waals surface area contributed by atoms with Gasteiger partial charge in [0.05, 0.1) is 30.3 Å². The van der Waals surface area contributed by atoms with Crippen LogP contribution in [0.2, 0.25) is 5.02 Å². The van der Waals surface area contributed by atoms with E-state index in [0.717, 1.165) is 33.9 Å². The molecule has 0 aliphatic carbocycles. The molecule has 1 aromatic heterocycles. The summed E-state index contributed by atoms with van der Waals surface area (Å²) < 4.78 is 11.5. The van der Waals surface area contributed by atoms with Crippen LogP contribution >= 0.6 is 11.6 Å². The summed E-state index contributed by atoms with van der Waals surface area (Å²) in [6, 6.07) is 11.5. The Morgan fingerprint density at radius 3 is 2.57 bits per heavy atom. The lowest BCUT2D eigenvalue weighted by Gasteiger charge is -2.18. The smallest absolute Gasteiger partial charge is 0.178 e. The molecule has 144 valence electrons. The van der Waals surface area contributed by atoms with Gasteiger partial charge >= 0.3 is 0 Å². The van der Waals surface area contributed by atoms with Gasteiger partial charge in [-0.15, -0.1) is 0 Å². The predicted molar refractivity (Wildman–Crippen MR) is 112 cm³/mol. The average molecular weight is 397 g/mol. The summed E-state index contributed by atoms with van der Waals surface area (Å²) >= 11 is 6.52. The topological polar surface area (TPSA) is 71.5 Å². The van der Waals surface area contributed by atoms with E-state index in [4.69, 9.17) is 26.1 Å². The molecule has 0 saturated carbocycles. The van der Waals surface area contributed by atoms with Crippen LogP contribution in [0.5, 0.6) is 11.5 Å². The monoisotopic (exact) mass is 396 g/mol. The molecule has 4 rings (SSSR count). The summed E-state index contributed by atoms with van der Waals surface area (Å²) in [7, 11) is 1.62. The Morgan fingerprint density at radius 1 is 1.07 bits per heavy atom. The Bertz CT molecular complexity index is 1070. The minimum absolute atomic E-state index is 0.00398. The van der Waals surface area contributed by atoms with Crippen LogP contribution in [0.1, 0.15) is 30.7 Å². The van der Waals surface area contributed by atoms with Crippen molar-refractivity contribution in [1.82, 2.24) is 10.2 Å². The zero-order valence-electron chi connectivity index (χ0n) is 16.1. The number of nitrogens with one attached hydrogen (secondary N) is 2. The Balaban J connectivity index is 2.00. The number of ether oxygens (including phenoxy) is 2. The predicted octanol–water partition coefficient (Wildman–Crippen LogP) is 5.39. The molecule has 0 atom stereocenters. The minimum atomic E-state index is 0.00398. The molecule has 0 bridgehead atoms. The molecule has 2 aromatic carbocycles. The first kappa shape index (κ1) is 18.4. The van der Waals surface area contributed by atoms with E-state index >= 15 is 0 Å². The van der Waals surface area contributed by atoms with E-state index in [1.165, 1.54) is 0 Å². The van der Waals surface area contributed by atoms with Crippen molar-refractivity contribution < 1.29 is 9.47 Å². The van der Waals surface area contributed by atoms with Crippen LogP contribution < -0.4 is 14.8 Å². The third-order valence-electron chi connectivity index (χ3n) is 4.44. The number of H-pyrrole nitrogens is 1. The van der Waals surface area contributed by atoms with Gasteiger partial charge < -0.3 is 14.8 Å². The highest BCUT2D eigenvalue weighted by Gasteiger charge is 2.25. The molecule has 6 nitrogen and oxygen atoms in total. The summed E-state index contributed by atoms with van der Waals surface area (Å²) in [5.74, 6) is 1.94. The summed E-state index contributed by atoms with van der Waals surface area (Å²) in [5.41, 5.74) is 4.87. The molecule has 0 radical (unpaired) electrons. The van der Waals surface area contributed by atoms with Crippen LogP contribution in [-0.4, -0.2) is 29.1 Å². The van der Waals surface area contributed by atoms with Gasteiger partial charge in [0.15, 0.2) is 17.3 Å². The molecular weight excluding hydrogens is 376 g/mol. The second kappa shape index (κ2) is 7.20. The van der Waals surface area contributed by atoms with E-state index in [9.17, 15) is 0 Å². The quantitative estimate of drug-likeness (QED) is 0.485. The fourth-order valence-electron chi connectivity index (χ4n) is 3.17. The van der Waals surface area contributed by atoms with Gasteiger partial charge in [0.2, 0.25) is 0 Å². The molecule has 2 heterocycles. The standard InChI is InChI=1S/C21H21ClN4O2/c1-11(2)28-18-9-14-16(10-17(18)27-4)23-21-19(12(3)25-26-21)24-20(14)13-7-5-6-8-15(13)22/h5-11H,1-4H3,(H2,23,25,26). The maximum atomic E-state index is 6.52. The van der Waals surface area contributed by atoms with Crippen molar-refractivity contribution in [2.75, 3.05) is 12.4 Å². The first-order valence-electron chi connectivity index (χ1n) is 9.02. The van der Waals surface area contributed by atoms with Crippen LogP contribution in [0.3, 0.4) is 0 Å². The number of aromatic amines is 1. The average Bonchev–Trinajstić information content (AvgIpc) is 2.91. The molecule has 0 amide bonds. The van der Waals surface area contributed by atoms with Crippen molar-refractivity contribution in [3.63, 3.8) is 0 Å². The van der Waals surface area contributed by atoms with E-state index < -0.39 is 0 Å². The largest absolute Gasteiger partial charge is 0.493 e. The number of methoxy groups -OCH3 is 1. The van der Waals surface area contributed by atoms with Crippen molar-refractivity contribution in [2.24, 2.45) is 4.99 Å². The molecule has 0 unspecified atom stereocenters. The van der Waals surface area contributed by atoms with Crippen molar-refractivity contribution in [3.05, 3.63) is 58.2 Å². The lowest BCUT2D eigenvalue weighted by molar-refractivity contribution is 0.230. The molecule has 28 heavy (non-hydrogen) atoms. The van der Waals surface area contributed by atoms with Crippen molar-refractivity contribution in [2.45, 2.75) is 26.9 Å². The van der Waals surface area contributed by atoms with Crippen LogP contribution in [0.25, 0.3) is 0 Å². The van der Waals surface area contributed by atoms with Gasteiger partial charge in [-0.3, -0.25) is 5.10 Å². The third kappa shape index (κ3) is 3.20. The van der Waals surface area contributed by atoms with E-state index in [1.54, 1.807) is 7.11 Å². The van der Waals surface area contributed by atoms with Crippen molar-refractivity contribution in [3.8, 4) is 11.5 Å². The Kier molecular flexibility index (Phi) is 4.73. The lowest BCUT2D eigenvalue weighted by atomic mass is 9.99. The molecule has 1 aliphatic rings. The second-order valence-corrected chi connectivity index (χ2v) is 7.23. The number of fused-ring (bicyclic) bond motifs is 2. The highest BCUT2D eigenvalue weighted by Crippen LogP contribution is 2.42. The van der Waals surface area contributed by atoms with Gasteiger partial charge in [-0.1, -0.05) is 29.8 Å².